The monoisotopic (exact) mass is 596 g/mol. The summed E-state index contributed by atoms with van der Waals surface area (Å²) in [7, 11) is -4.00. The Morgan fingerprint density at radius 2 is 1.60 bits per heavy atom. The Bertz CT molecular complexity index is 1350. The van der Waals surface area contributed by atoms with Crippen molar-refractivity contribution in [2.75, 3.05) is 6.54 Å². The molecular formula is C26H27BrCl2N2O3S. The van der Waals surface area contributed by atoms with Crippen LogP contribution in [0.3, 0.4) is 0 Å². The molecule has 1 atom stereocenters. The maximum absolute atomic E-state index is 13.5. The van der Waals surface area contributed by atoms with Crippen LogP contribution in [0.2, 0.25) is 10.0 Å². The number of sulfonamides is 1. The number of amides is 1. The molecule has 3 rings (SSSR count). The summed E-state index contributed by atoms with van der Waals surface area (Å²) in [5, 5.41) is 3.72. The summed E-state index contributed by atoms with van der Waals surface area (Å²) in [6.45, 7) is 7.50. The first-order valence-corrected chi connectivity index (χ1v) is 13.9. The Labute approximate surface area is 225 Å². The van der Waals surface area contributed by atoms with Gasteiger partial charge >= 0.3 is 0 Å². The van der Waals surface area contributed by atoms with Crippen LogP contribution < -0.4 is 5.32 Å². The van der Waals surface area contributed by atoms with Crippen molar-refractivity contribution in [3.8, 4) is 0 Å². The first-order chi connectivity index (χ1) is 16.4. The molecule has 0 spiro atoms. The molecule has 0 saturated heterocycles. The fraction of sp³-hybridized carbons (Fsp3) is 0.269. The van der Waals surface area contributed by atoms with E-state index >= 15 is 0 Å². The smallest absolute Gasteiger partial charge is 0.243 e. The number of nitrogens with zero attached hydrogens (tertiary/aromatic N) is 1. The van der Waals surface area contributed by atoms with Crippen molar-refractivity contribution in [3.05, 3.63) is 96.9 Å². The number of hydrogen-bond acceptors (Lipinski definition) is 3. The lowest BCUT2D eigenvalue weighted by atomic mass is 9.96. The second kappa shape index (κ2) is 11.4. The van der Waals surface area contributed by atoms with Gasteiger partial charge in [0.1, 0.15) is 0 Å². The highest BCUT2D eigenvalue weighted by atomic mass is 79.9. The van der Waals surface area contributed by atoms with Crippen LogP contribution in [0, 0.1) is 20.8 Å². The molecule has 0 aliphatic heterocycles. The summed E-state index contributed by atoms with van der Waals surface area (Å²) >= 11 is 15.6. The van der Waals surface area contributed by atoms with Gasteiger partial charge in [0, 0.05) is 21.1 Å². The topological polar surface area (TPSA) is 66.5 Å². The summed E-state index contributed by atoms with van der Waals surface area (Å²) in [6, 6.07) is 15.0. The molecule has 35 heavy (non-hydrogen) atoms. The first-order valence-electron chi connectivity index (χ1n) is 10.9. The van der Waals surface area contributed by atoms with Crippen LogP contribution >= 0.6 is 39.1 Å². The molecule has 0 aliphatic carbocycles. The van der Waals surface area contributed by atoms with Crippen molar-refractivity contribution in [2.24, 2.45) is 0 Å². The first kappa shape index (κ1) is 27.7. The largest absolute Gasteiger partial charge is 0.348 e. The maximum Gasteiger partial charge on any atom is 0.243 e. The number of halogens is 3. The molecule has 9 heteroatoms. The summed E-state index contributed by atoms with van der Waals surface area (Å²) in [5.41, 5.74) is 4.90. The average Bonchev–Trinajstić information content (AvgIpc) is 2.77. The van der Waals surface area contributed by atoms with Gasteiger partial charge < -0.3 is 5.32 Å². The number of hydrogen-bond donors (Lipinski definition) is 1. The van der Waals surface area contributed by atoms with E-state index in [1.54, 1.807) is 30.3 Å². The van der Waals surface area contributed by atoms with Crippen LogP contribution in [0.5, 0.6) is 0 Å². The van der Waals surface area contributed by atoms with Crippen molar-refractivity contribution < 1.29 is 13.2 Å². The van der Waals surface area contributed by atoms with E-state index in [-0.39, 0.29) is 24.0 Å². The van der Waals surface area contributed by atoms with Gasteiger partial charge in [0.15, 0.2) is 0 Å². The van der Waals surface area contributed by atoms with E-state index in [0.717, 1.165) is 25.5 Å². The highest BCUT2D eigenvalue weighted by molar-refractivity contribution is 9.10. The maximum atomic E-state index is 13.5. The lowest BCUT2D eigenvalue weighted by molar-refractivity contribution is -0.122. The van der Waals surface area contributed by atoms with E-state index in [1.165, 1.54) is 17.7 Å². The second-order valence-electron chi connectivity index (χ2n) is 8.55. The molecule has 3 aromatic carbocycles. The molecule has 1 amide bonds. The Balaban J connectivity index is 1.89. The normalized spacial score (nSPS) is 12.6. The molecule has 0 aromatic heterocycles. The molecule has 3 aromatic rings. The van der Waals surface area contributed by atoms with E-state index < -0.39 is 15.9 Å². The highest BCUT2D eigenvalue weighted by Crippen LogP contribution is 2.26. The van der Waals surface area contributed by atoms with Crippen LogP contribution in [0.15, 0.2) is 64.0 Å². The van der Waals surface area contributed by atoms with Crippen LogP contribution in [-0.4, -0.2) is 25.2 Å². The Hall–Kier alpha value is -1.90. The molecule has 0 radical (unpaired) electrons. The van der Waals surface area contributed by atoms with E-state index in [1.807, 2.05) is 27.7 Å². The molecule has 5 nitrogen and oxygen atoms in total. The second-order valence-corrected chi connectivity index (χ2v) is 12.2. The zero-order chi connectivity index (χ0) is 25.9. The average molecular weight is 598 g/mol. The fourth-order valence-corrected chi connectivity index (χ4v) is 5.90. The number of carbonyl (C=O) groups is 1. The lowest BCUT2D eigenvalue weighted by Gasteiger charge is -2.24. The number of aryl methyl sites for hydroxylation is 3. The van der Waals surface area contributed by atoms with E-state index in [2.05, 4.69) is 33.4 Å². The predicted octanol–water partition coefficient (Wildman–Crippen LogP) is 6.75. The predicted molar refractivity (Wildman–Crippen MR) is 145 cm³/mol. The number of benzene rings is 3. The van der Waals surface area contributed by atoms with Crippen LogP contribution in [0.25, 0.3) is 0 Å². The quantitative estimate of drug-likeness (QED) is 0.312. The van der Waals surface area contributed by atoms with Gasteiger partial charge in [-0.1, -0.05) is 57.3 Å². The van der Waals surface area contributed by atoms with Crippen LogP contribution in [0.1, 0.15) is 40.8 Å². The fourth-order valence-electron chi connectivity index (χ4n) is 3.80. The van der Waals surface area contributed by atoms with Gasteiger partial charge in [0.05, 0.1) is 17.5 Å². The van der Waals surface area contributed by atoms with E-state index in [9.17, 15) is 13.2 Å². The van der Waals surface area contributed by atoms with E-state index in [0.29, 0.717) is 15.6 Å². The molecule has 0 heterocycles. The summed E-state index contributed by atoms with van der Waals surface area (Å²) in [4.78, 5) is 13.2. The van der Waals surface area contributed by atoms with Gasteiger partial charge in [-0.15, -0.1) is 0 Å². The summed E-state index contributed by atoms with van der Waals surface area (Å²) < 4.78 is 28.9. The lowest BCUT2D eigenvalue weighted by Crippen LogP contribution is -2.41. The zero-order valence-electron chi connectivity index (χ0n) is 19.9. The van der Waals surface area contributed by atoms with Gasteiger partial charge in [-0.2, -0.15) is 4.31 Å². The van der Waals surface area contributed by atoms with Crippen molar-refractivity contribution in [3.63, 3.8) is 0 Å². The van der Waals surface area contributed by atoms with Gasteiger partial charge in [0.2, 0.25) is 15.9 Å². The van der Waals surface area contributed by atoms with Crippen molar-refractivity contribution in [1.29, 1.82) is 0 Å². The minimum atomic E-state index is -4.00. The third-order valence-electron chi connectivity index (χ3n) is 5.86. The van der Waals surface area contributed by atoms with Crippen LogP contribution in [0.4, 0.5) is 0 Å². The standard InChI is InChI=1S/C26H27BrCl2N2O3S/c1-16-11-18(3)24(12-17(16)2)19(4)30-26(32)15-31(14-20-5-8-22(28)13-25(20)29)35(33,34)23-9-6-21(27)7-10-23/h5-13,19H,14-15H2,1-4H3,(H,30,32)/t19-/m0/s1. The van der Waals surface area contributed by atoms with Gasteiger partial charge in [-0.3, -0.25) is 4.79 Å². The Morgan fingerprint density at radius 3 is 2.23 bits per heavy atom. The molecule has 0 saturated carbocycles. The Kier molecular flexibility index (Phi) is 9.05. The minimum Gasteiger partial charge on any atom is -0.348 e. The van der Waals surface area contributed by atoms with Crippen molar-refractivity contribution >= 4 is 55.1 Å². The minimum absolute atomic E-state index is 0.0802. The molecule has 0 bridgehead atoms. The van der Waals surface area contributed by atoms with Gasteiger partial charge in [-0.25, -0.2) is 8.42 Å². The molecular weight excluding hydrogens is 571 g/mol. The SMILES string of the molecule is Cc1cc(C)c([C@H](C)NC(=O)CN(Cc2ccc(Cl)cc2Cl)S(=O)(=O)c2ccc(Br)cc2)cc1C. The van der Waals surface area contributed by atoms with Crippen molar-refractivity contribution in [2.45, 2.75) is 45.2 Å². The summed E-state index contributed by atoms with van der Waals surface area (Å²) in [5.74, 6) is -0.416. The summed E-state index contributed by atoms with van der Waals surface area (Å²) in [6.07, 6.45) is 0. The van der Waals surface area contributed by atoms with Gasteiger partial charge in [-0.05, 0) is 91.9 Å². The zero-order valence-corrected chi connectivity index (χ0v) is 23.8. The number of rotatable bonds is 8. The van der Waals surface area contributed by atoms with Crippen LogP contribution in [-0.2, 0) is 21.4 Å². The molecule has 0 fully saturated rings. The Morgan fingerprint density at radius 1 is 0.971 bits per heavy atom. The van der Waals surface area contributed by atoms with E-state index in [4.69, 9.17) is 23.2 Å². The third-order valence-corrected chi connectivity index (χ3v) is 8.78. The third kappa shape index (κ3) is 6.86. The number of nitrogens with one attached hydrogen (secondary N) is 1. The van der Waals surface area contributed by atoms with Gasteiger partial charge in [0.25, 0.3) is 0 Å². The number of carbonyl (C=O) groups excluding carboxylic acids is 1. The molecule has 1 N–H and O–H groups in total. The molecule has 0 unspecified atom stereocenters. The highest BCUT2D eigenvalue weighted by Gasteiger charge is 2.28. The molecule has 186 valence electrons. The van der Waals surface area contributed by atoms with Crippen molar-refractivity contribution in [1.82, 2.24) is 9.62 Å². The molecule has 0 aliphatic rings.